The van der Waals surface area contributed by atoms with Gasteiger partial charge in [-0.05, 0) is 11.6 Å². The largest absolute Gasteiger partial charge is 0.378 e. The maximum Gasteiger partial charge on any atom is 0.236 e. The SMILES string of the molecule is O=C(CN1CCNCC1c1cccnc1)N1CCOCC1. The molecule has 1 N–H and O–H groups in total. The van der Waals surface area contributed by atoms with Gasteiger partial charge in [-0.15, -0.1) is 0 Å². The molecule has 21 heavy (non-hydrogen) atoms. The molecule has 1 atom stereocenters. The maximum absolute atomic E-state index is 12.4. The highest BCUT2D eigenvalue weighted by Crippen LogP contribution is 2.21. The zero-order valence-corrected chi connectivity index (χ0v) is 12.2. The fourth-order valence-corrected chi connectivity index (χ4v) is 2.92. The summed E-state index contributed by atoms with van der Waals surface area (Å²) in [6.45, 7) is 5.87. The van der Waals surface area contributed by atoms with Crippen LogP contribution in [0.25, 0.3) is 0 Å². The van der Waals surface area contributed by atoms with Gasteiger partial charge < -0.3 is 15.0 Å². The minimum atomic E-state index is 0.203. The van der Waals surface area contributed by atoms with E-state index in [-0.39, 0.29) is 11.9 Å². The van der Waals surface area contributed by atoms with E-state index in [4.69, 9.17) is 4.74 Å². The van der Waals surface area contributed by atoms with E-state index < -0.39 is 0 Å². The van der Waals surface area contributed by atoms with Crippen LogP contribution in [0.4, 0.5) is 0 Å². The van der Waals surface area contributed by atoms with Crippen molar-refractivity contribution in [3.05, 3.63) is 30.1 Å². The van der Waals surface area contributed by atoms with Gasteiger partial charge in [0.2, 0.25) is 5.91 Å². The third-order valence-corrected chi connectivity index (χ3v) is 4.13. The zero-order chi connectivity index (χ0) is 14.5. The summed E-state index contributed by atoms with van der Waals surface area (Å²) in [6, 6.07) is 4.25. The third-order valence-electron chi connectivity index (χ3n) is 4.13. The predicted octanol–water partition coefficient (Wildman–Crippen LogP) is -0.113. The number of ether oxygens (including phenoxy) is 1. The molecule has 1 amide bonds. The molecule has 0 aliphatic carbocycles. The average molecular weight is 290 g/mol. The van der Waals surface area contributed by atoms with Gasteiger partial charge in [-0.1, -0.05) is 6.07 Å². The van der Waals surface area contributed by atoms with Crippen molar-refractivity contribution in [2.24, 2.45) is 0 Å². The monoisotopic (exact) mass is 290 g/mol. The first-order chi connectivity index (χ1) is 10.3. The van der Waals surface area contributed by atoms with E-state index in [0.717, 1.165) is 19.6 Å². The van der Waals surface area contributed by atoms with Crippen LogP contribution in [0.1, 0.15) is 11.6 Å². The van der Waals surface area contributed by atoms with Crippen LogP contribution in [-0.4, -0.2) is 73.2 Å². The number of hydrogen-bond donors (Lipinski definition) is 1. The molecule has 3 heterocycles. The Balaban J connectivity index is 1.65. The highest BCUT2D eigenvalue weighted by atomic mass is 16.5. The lowest BCUT2D eigenvalue weighted by Gasteiger charge is -2.37. The summed E-state index contributed by atoms with van der Waals surface area (Å²) in [7, 11) is 0. The number of amides is 1. The second-order valence-electron chi connectivity index (χ2n) is 5.47. The molecule has 0 radical (unpaired) electrons. The lowest BCUT2D eigenvalue weighted by molar-refractivity contribution is -0.137. The number of pyridine rings is 1. The molecule has 0 bridgehead atoms. The topological polar surface area (TPSA) is 57.7 Å². The van der Waals surface area contributed by atoms with Crippen LogP contribution in [0, 0.1) is 0 Å². The molecule has 6 heteroatoms. The molecule has 0 spiro atoms. The van der Waals surface area contributed by atoms with Crippen molar-refractivity contribution in [3.8, 4) is 0 Å². The number of piperazine rings is 1. The Morgan fingerprint density at radius 2 is 2.24 bits per heavy atom. The first-order valence-electron chi connectivity index (χ1n) is 7.55. The standard InChI is InChI=1S/C15H22N4O2/c20-15(18-6-8-21-9-7-18)12-19-5-4-17-11-14(19)13-2-1-3-16-10-13/h1-3,10,14,17H,4-9,11-12H2. The maximum atomic E-state index is 12.4. The smallest absolute Gasteiger partial charge is 0.236 e. The van der Waals surface area contributed by atoms with E-state index >= 15 is 0 Å². The molecular weight excluding hydrogens is 268 g/mol. The lowest BCUT2D eigenvalue weighted by Crippen LogP contribution is -2.51. The molecule has 2 aliphatic heterocycles. The van der Waals surface area contributed by atoms with Crippen molar-refractivity contribution in [1.82, 2.24) is 20.1 Å². The Bertz CT molecular complexity index is 462. The number of nitrogens with one attached hydrogen (secondary N) is 1. The Labute approximate surface area is 125 Å². The Morgan fingerprint density at radius 1 is 1.38 bits per heavy atom. The summed E-state index contributed by atoms with van der Waals surface area (Å²) in [5.41, 5.74) is 1.17. The van der Waals surface area contributed by atoms with Crippen molar-refractivity contribution in [2.75, 3.05) is 52.5 Å². The van der Waals surface area contributed by atoms with E-state index in [9.17, 15) is 4.79 Å². The van der Waals surface area contributed by atoms with Crippen molar-refractivity contribution >= 4 is 5.91 Å². The number of carbonyl (C=O) groups excluding carboxylic acids is 1. The molecule has 2 saturated heterocycles. The van der Waals surface area contributed by atoms with Gasteiger partial charge in [0.1, 0.15) is 0 Å². The van der Waals surface area contributed by atoms with Gasteiger partial charge in [0.05, 0.1) is 19.8 Å². The summed E-state index contributed by atoms with van der Waals surface area (Å²) in [5, 5.41) is 3.40. The van der Waals surface area contributed by atoms with E-state index in [1.807, 2.05) is 17.2 Å². The Kier molecular flexibility index (Phi) is 4.80. The summed E-state index contributed by atoms with van der Waals surface area (Å²) in [4.78, 5) is 20.8. The number of aromatic nitrogens is 1. The molecule has 1 unspecified atom stereocenters. The average Bonchev–Trinajstić information content (AvgIpc) is 2.57. The van der Waals surface area contributed by atoms with Crippen LogP contribution >= 0.6 is 0 Å². The highest BCUT2D eigenvalue weighted by molar-refractivity contribution is 5.78. The van der Waals surface area contributed by atoms with Crippen LogP contribution < -0.4 is 5.32 Å². The molecular formula is C15H22N4O2. The van der Waals surface area contributed by atoms with Crippen molar-refractivity contribution in [2.45, 2.75) is 6.04 Å². The molecule has 1 aromatic rings. The third kappa shape index (κ3) is 3.58. The van der Waals surface area contributed by atoms with Gasteiger partial charge in [0.15, 0.2) is 0 Å². The highest BCUT2D eigenvalue weighted by Gasteiger charge is 2.27. The van der Waals surface area contributed by atoms with Crippen LogP contribution in [0.3, 0.4) is 0 Å². The van der Waals surface area contributed by atoms with Gasteiger partial charge in [-0.3, -0.25) is 14.7 Å². The summed E-state index contributed by atoms with van der Waals surface area (Å²) >= 11 is 0. The fourth-order valence-electron chi connectivity index (χ4n) is 2.92. The van der Waals surface area contributed by atoms with Crippen LogP contribution in [-0.2, 0) is 9.53 Å². The molecule has 114 valence electrons. The lowest BCUT2D eigenvalue weighted by atomic mass is 10.1. The van der Waals surface area contributed by atoms with Gasteiger partial charge in [0, 0.05) is 51.2 Å². The normalized spacial score (nSPS) is 24.0. The van der Waals surface area contributed by atoms with Crippen molar-refractivity contribution in [3.63, 3.8) is 0 Å². The number of nitrogens with zero attached hydrogens (tertiary/aromatic N) is 3. The van der Waals surface area contributed by atoms with Crippen molar-refractivity contribution in [1.29, 1.82) is 0 Å². The summed E-state index contributed by atoms with van der Waals surface area (Å²) in [5.74, 6) is 0.203. The van der Waals surface area contributed by atoms with Gasteiger partial charge in [-0.25, -0.2) is 0 Å². The Morgan fingerprint density at radius 3 is 3.00 bits per heavy atom. The van der Waals surface area contributed by atoms with Crippen LogP contribution in [0.15, 0.2) is 24.5 Å². The van der Waals surface area contributed by atoms with E-state index in [2.05, 4.69) is 21.3 Å². The number of rotatable bonds is 3. The quantitative estimate of drug-likeness (QED) is 0.841. The second kappa shape index (κ2) is 6.98. The first kappa shape index (κ1) is 14.4. The van der Waals surface area contributed by atoms with Crippen LogP contribution in [0.2, 0.25) is 0 Å². The molecule has 3 rings (SSSR count). The number of carbonyl (C=O) groups is 1. The predicted molar refractivity (Wildman–Crippen MR) is 78.8 cm³/mol. The fraction of sp³-hybridized carbons (Fsp3) is 0.600. The van der Waals surface area contributed by atoms with E-state index in [0.29, 0.717) is 32.8 Å². The number of morpholine rings is 1. The minimum absolute atomic E-state index is 0.203. The van der Waals surface area contributed by atoms with Gasteiger partial charge in [-0.2, -0.15) is 0 Å². The second-order valence-corrected chi connectivity index (χ2v) is 5.47. The molecule has 1 aromatic heterocycles. The van der Waals surface area contributed by atoms with Gasteiger partial charge >= 0.3 is 0 Å². The number of hydrogen-bond acceptors (Lipinski definition) is 5. The molecule has 2 fully saturated rings. The van der Waals surface area contributed by atoms with E-state index in [1.54, 1.807) is 6.20 Å². The molecule has 2 aliphatic rings. The molecule has 6 nitrogen and oxygen atoms in total. The molecule has 0 saturated carbocycles. The summed E-state index contributed by atoms with van der Waals surface area (Å²) < 4.78 is 5.30. The minimum Gasteiger partial charge on any atom is -0.378 e. The van der Waals surface area contributed by atoms with Gasteiger partial charge in [0.25, 0.3) is 0 Å². The van der Waals surface area contributed by atoms with Crippen LogP contribution in [0.5, 0.6) is 0 Å². The van der Waals surface area contributed by atoms with Crippen molar-refractivity contribution < 1.29 is 9.53 Å². The Hall–Kier alpha value is -1.50. The summed E-state index contributed by atoms with van der Waals surface area (Å²) in [6.07, 6.45) is 3.67. The zero-order valence-electron chi connectivity index (χ0n) is 12.2. The van der Waals surface area contributed by atoms with E-state index in [1.165, 1.54) is 5.56 Å². The first-order valence-corrected chi connectivity index (χ1v) is 7.55. The molecule has 0 aromatic carbocycles.